The Kier molecular flexibility index (Phi) is 11.3. The van der Waals surface area contributed by atoms with Crippen LogP contribution in [-0.2, 0) is 16.1 Å². The molecule has 7 heteroatoms. The van der Waals surface area contributed by atoms with E-state index in [1.807, 2.05) is 6.07 Å². The Balaban J connectivity index is 1.97. The number of hydrogen-bond acceptors (Lipinski definition) is 5. The van der Waals surface area contributed by atoms with Crippen LogP contribution in [0.1, 0.15) is 64.1 Å². The number of hydrogen-bond donors (Lipinski definition) is 0. The molecule has 1 saturated heterocycles. The molecule has 1 aromatic heterocycles. The number of likely N-dealkylation sites (N-methyl/N-ethyl adjacent to an activating group) is 1. The van der Waals surface area contributed by atoms with Crippen LogP contribution in [0.15, 0.2) is 30.3 Å². The highest BCUT2D eigenvalue weighted by molar-refractivity contribution is 5.79. The molecule has 0 N–H and O–H groups in total. The standard InChI is InChI=1S/C29H47N5O2/c1-6-9-14-25(7-2)29(35)33(17-13-22-36-5)23-27-24(4)30-34(26-15-11-10-12-16-26)28(27)32-20-18-31(8-3)19-21-32/h10-12,15-16,25H,6-9,13-14,17-23H2,1-5H3/t25-/m0/s1. The first-order valence-electron chi connectivity index (χ1n) is 13.9. The molecule has 1 atom stereocenters. The van der Waals surface area contributed by atoms with Gasteiger partial charge in [-0.3, -0.25) is 4.79 Å². The first-order valence-corrected chi connectivity index (χ1v) is 13.9. The highest BCUT2D eigenvalue weighted by Gasteiger charge is 2.29. The average Bonchev–Trinajstić information content (AvgIpc) is 3.24. The normalized spacial score (nSPS) is 15.3. The molecule has 2 aromatic rings. The first kappa shape index (κ1) is 28.2. The Bertz CT molecular complexity index is 921. The number of carbonyl (C=O) groups is 1. The zero-order valence-corrected chi connectivity index (χ0v) is 23.2. The number of rotatable bonds is 14. The molecular formula is C29H47N5O2. The topological polar surface area (TPSA) is 53.8 Å². The Morgan fingerprint density at radius 3 is 2.42 bits per heavy atom. The molecule has 0 aliphatic carbocycles. The highest BCUT2D eigenvalue weighted by Crippen LogP contribution is 2.30. The Morgan fingerprint density at radius 1 is 1.08 bits per heavy atom. The number of aryl methyl sites for hydroxylation is 1. The molecule has 3 rings (SSSR count). The molecule has 1 aliphatic rings. The van der Waals surface area contributed by atoms with E-state index < -0.39 is 0 Å². The van der Waals surface area contributed by atoms with Gasteiger partial charge in [-0.25, -0.2) is 4.68 Å². The van der Waals surface area contributed by atoms with Crippen LogP contribution in [0.4, 0.5) is 5.82 Å². The third kappa shape index (κ3) is 7.10. The van der Waals surface area contributed by atoms with Gasteiger partial charge in [-0.05, 0) is 44.9 Å². The lowest BCUT2D eigenvalue weighted by Gasteiger charge is -2.36. The van der Waals surface area contributed by atoms with Gasteiger partial charge in [0.05, 0.1) is 17.9 Å². The van der Waals surface area contributed by atoms with Gasteiger partial charge in [0.1, 0.15) is 5.82 Å². The summed E-state index contributed by atoms with van der Waals surface area (Å²) in [5.74, 6) is 1.49. The molecule has 200 valence electrons. The van der Waals surface area contributed by atoms with Crippen LogP contribution >= 0.6 is 0 Å². The lowest BCUT2D eigenvalue weighted by atomic mass is 9.97. The van der Waals surface area contributed by atoms with Crippen molar-refractivity contribution in [1.82, 2.24) is 19.6 Å². The quantitative estimate of drug-likeness (QED) is 0.347. The molecule has 0 saturated carbocycles. The SMILES string of the molecule is CCCC[C@H](CC)C(=O)N(CCCOC)Cc1c(C)nn(-c2ccccc2)c1N1CCN(CC)CC1. The number of ether oxygens (including phenoxy) is 1. The van der Waals surface area contributed by atoms with Crippen LogP contribution in [0, 0.1) is 12.8 Å². The van der Waals surface area contributed by atoms with Crippen molar-refractivity contribution in [3.8, 4) is 5.69 Å². The minimum Gasteiger partial charge on any atom is -0.385 e. The summed E-state index contributed by atoms with van der Waals surface area (Å²) in [5, 5.41) is 5.02. The van der Waals surface area contributed by atoms with E-state index in [-0.39, 0.29) is 11.8 Å². The van der Waals surface area contributed by atoms with E-state index >= 15 is 0 Å². The molecule has 36 heavy (non-hydrogen) atoms. The van der Waals surface area contributed by atoms with Gasteiger partial charge in [-0.15, -0.1) is 0 Å². The van der Waals surface area contributed by atoms with E-state index in [1.165, 1.54) is 5.56 Å². The van der Waals surface area contributed by atoms with Crippen LogP contribution in [0.5, 0.6) is 0 Å². The molecule has 0 radical (unpaired) electrons. The molecule has 0 spiro atoms. The van der Waals surface area contributed by atoms with Gasteiger partial charge >= 0.3 is 0 Å². The number of para-hydroxylation sites is 1. The molecule has 0 bridgehead atoms. The monoisotopic (exact) mass is 497 g/mol. The summed E-state index contributed by atoms with van der Waals surface area (Å²) in [6.07, 6.45) is 4.88. The van der Waals surface area contributed by atoms with Crippen molar-refractivity contribution in [2.24, 2.45) is 5.92 Å². The summed E-state index contributed by atoms with van der Waals surface area (Å²) in [6.45, 7) is 15.7. The zero-order chi connectivity index (χ0) is 25.9. The second-order valence-electron chi connectivity index (χ2n) is 9.91. The van der Waals surface area contributed by atoms with Crippen molar-refractivity contribution in [2.45, 2.75) is 66.3 Å². The number of methoxy groups -OCH3 is 1. The Labute approximate surface area is 218 Å². The lowest BCUT2D eigenvalue weighted by molar-refractivity contribution is -0.136. The molecule has 7 nitrogen and oxygen atoms in total. The van der Waals surface area contributed by atoms with Crippen molar-refractivity contribution in [3.63, 3.8) is 0 Å². The molecule has 0 unspecified atom stereocenters. The van der Waals surface area contributed by atoms with Crippen molar-refractivity contribution in [3.05, 3.63) is 41.6 Å². The van der Waals surface area contributed by atoms with Crippen LogP contribution in [0.25, 0.3) is 5.69 Å². The average molecular weight is 498 g/mol. The van der Waals surface area contributed by atoms with Crippen LogP contribution in [-0.4, -0.2) is 78.5 Å². The summed E-state index contributed by atoms with van der Waals surface area (Å²) in [7, 11) is 1.73. The van der Waals surface area contributed by atoms with E-state index in [0.717, 1.165) is 82.0 Å². The van der Waals surface area contributed by atoms with Gasteiger partial charge in [0, 0.05) is 57.9 Å². The van der Waals surface area contributed by atoms with Gasteiger partial charge < -0.3 is 19.4 Å². The largest absolute Gasteiger partial charge is 0.385 e. The molecule has 2 heterocycles. The van der Waals surface area contributed by atoms with E-state index in [4.69, 9.17) is 9.84 Å². The smallest absolute Gasteiger partial charge is 0.225 e. The number of anilines is 1. The zero-order valence-electron chi connectivity index (χ0n) is 23.2. The fourth-order valence-electron chi connectivity index (χ4n) is 5.15. The predicted molar refractivity (Wildman–Crippen MR) is 148 cm³/mol. The van der Waals surface area contributed by atoms with Gasteiger partial charge in [0.25, 0.3) is 0 Å². The van der Waals surface area contributed by atoms with E-state index in [1.54, 1.807) is 7.11 Å². The van der Waals surface area contributed by atoms with Crippen molar-refractivity contribution >= 4 is 11.7 Å². The van der Waals surface area contributed by atoms with Gasteiger partial charge in [-0.1, -0.05) is 51.8 Å². The van der Waals surface area contributed by atoms with E-state index in [9.17, 15) is 4.79 Å². The summed E-state index contributed by atoms with van der Waals surface area (Å²) in [6, 6.07) is 10.4. The van der Waals surface area contributed by atoms with Gasteiger partial charge in [0.2, 0.25) is 5.91 Å². The highest BCUT2D eigenvalue weighted by atomic mass is 16.5. The number of carbonyl (C=O) groups excluding carboxylic acids is 1. The summed E-state index contributed by atoms with van der Waals surface area (Å²) < 4.78 is 7.43. The molecule has 1 aromatic carbocycles. The number of nitrogens with zero attached hydrogens (tertiary/aromatic N) is 5. The minimum atomic E-state index is 0.0773. The summed E-state index contributed by atoms with van der Waals surface area (Å²) in [4.78, 5) is 20.8. The first-order chi connectivity index (χ1) is 17.5. The fraction of sp³-hybridized carbons (Fsp3) is 0.655. The van der Waals surface area contributed by atoms with Crippen molar-refractivity contribution in [2.75, 3.05) is 57.9 Å². The number of amides is 1. The third-order valence-electron chi connectivity index (χ3n) is 7.46. The lowest BCUT2D eigenvalue weighted by Crippen LogP contribution is -2.47. The second kappa shape index (κ2) is 14.4. The molecule has 1 fully saturated rings. The summed E-state index contributed by atoms with van der Waals surface area (Å²) >= 11 is 0. The van der Waals surface area contributed by atoms with Crippen molar-refractivity contribution in [1.29, 1.82) is 0 Å². The van der Waals surface area contributed by atoms with Crippen LogP contribution in [0.2, 0.25) is 0 Å². The number of benzene rings is 1. The fourth-order valence-corrected chi connectivity index (χ4v) is 5.15. The molecule has 1 amide bonds. The number of unbranched alkanes of at least 4 members (excludes halogenated alkanes) is 1. The maximum Gasteiger partial charge on any atom is 0.225 e. The number of aromatic nitrogens is 2. The second-order valence-corrected chi connectivity index (χ2v) is 9.91. The van der Waals surface area contributed by atoms with Crippen LogP contribution < -0.4 is 4.90 Å². The van der Waals surface area contributed by atoms with Crippen LogP contribution in [0.3, 0.4) is 0 Å². The van der Waals surface area contributed by atoms with Gasteiger partial charge in [-0.2, -0.15) is 5.10 Å². The van der Waals surface area contributed by atoms with Gasteiger partial charge in [0.15, 0.2) is 0 Å². The predicted octanol–water partition coefficient (Wildman–Crippen LogP) is 4.90. The summed E-state index contributed by atoms with van der Waals surface area (Å²) in [5.41, 5.74) is 3.23. The molecular weight excluding hydrogens is 450 g/mol. The number of piperazine rings is 1. The third-order valence-corrected chi connectivity index (χ3v) is 7.46. The molecule has 1 aliphatic heterocycles. The maximum atomic E-state index is 13.8. The maximum absolute atomic E-state index is 13.8. The van der Waals surface area contributed by atoms with E-state index in [0.29, 0.717) is 19.7 Å². The Morgan fingerprint density at radius 2 is 1.81 bits per heavy atom. The van der Waals surface area contributed by atoms with E-state index in [2.05, 4.69) is 71.3 Å². The minimum absolute atomic E-state index is 0.0773. The van der Waals surface area contributed by atoms with Crippen molar-refractivity contribution < 1.29 is 9.53 Å². The Hall–Kier alpha value is -2.38.